The van der Waals surface area contributed by atoms with E-state index in [0.29, 0.717) is 18.8 Å². The van der Waals surface area contributed by atoms with Crippen LogP contribution in [0.2, 0.25) is 0 Å². The Morgan fingerprint density at radius 2 is 1.79 bits per heavy atom. The van der Waals surface area contributed by atoms with Crippen molar-refractivity contribution >= 4 is 17.8 Å². The molecule has 0 saturated carbocycles. The summed E-state index contributed by atoms with van der Waals surface area (Å²) in [6.45, 7) is 5.38. The van der Waals surface area contributed by atoms with Crippen molar-refractivity contribution in [2.75, 3.05) is 52.9 Å². The van der Waals surface area contributed by atoms with Gasteiger partial charge in [0.2, 0.25) is 5.91 Å². The molecule has 3 aliphatic rings. The summed E-state index contributed by atoms with van der Waals surface area (Å²) in [6.07, 6.45) is -4.65. The second-order valence-corrected chi connectivity index (χ2v) is 8.36. The van der Waals surface area contributed by atoms with Gasteiger partial charge in [0.15, 0.2) is 0 Å². The standard InChI is InChI=1S/C22H26F3N5O3/c1-3-28-8-10-29(11-9-28)17(31)13-30-12-16-18(20(30)32)19(26-21(33)27(16)2)14-6-4-5-7-15(14)22(23,24)25/h4-7,19H,3,8-13H2,1-2H3,(H,26,33)/t19-/m0/s1. The maximum absolute atomic E-state index is 13.6. The first-order valence-corrected chi connectivity index (χ1v) is 10.8. The van der Waals surface area contributed by atoms with Crippen molar-refractivity contribution in [3.63, 3.8) is 0 Å². The summed E-state index contributed by atoms with van der Waals surface area (Å²) in [5, 5.41) is 2.53. The van der Waals surface area contributed by atoms with Crippen LogP contribution in [0.15, 0.2) is 35.5 Å². The van der Waals surface area contributed by atoms with Gasteiger partial charge < -0.3 is 20.0 Å². The van der Waals surface area contributed by atoms with E-state index < -0.39 is 29.7 Å². The molecule has 3 aliphatic heterocycles. The smallest absolute Gasteiger partial charge is 0.339 e. The Hall–Kier alpha value is -3.08. The molecule has 1 aromatic rings. The van der Waals surface area contributed by atoms with E-state index in [1.165, 1.54) is 35.0 Å². The molecule has 4 amide bonds. The van der Waals surface area contributed by atoms with E-state index >= 15 is 0 Å². The fourth-order valence-electron chi connectivity index (χ4n) is 4.57. The summed E-state index contributed by atoms with van der Waals surface area (Å²) in [7, 11) is 1.46. The molecule has 0 bridgehead atoms. The fraction of sp³-hybridized carbons (Fsp3) is 0.500. The van der Waals surface area contributed by atoms with E-state index in [1.54, 1.807) is 4.90 Å². The van der Waals surface area contributed by atoms with Gasteiger partial charge in [0.25, 0.3) is 5.91 Å². The predicted octanol–water partition coefficient (Wildman–Crippen LogP) is 1.66. The van der Waals surface area contributed by atoms with Gasteiger partial charge in [-0.1, -0.05) is 25.1 Å². The van der Waals surface area contributed by atoms with Crippen LogP contribution < -0.4 is 5.32 Å². The molecule has 4 rings (SSSR count). The minimum Gasteiger partial charge on any atom is -0.339 e. The topological polar surface area (TPSA) is 76.2 Å². The van der Waals surface area contributed by atoms with Crippen LogP contribution in [0.4, 0.5) is 18.0 Å². The van der Waals surface area contributed by atoms with E-state index in [-0.39, 0.29) is 30.1 Å². The van der Waals surface area contributed by atoms with Crippen LogP contribution in [0.25, 0.3) is 0 Å². The summed E-state index contributed by atoms with van der Waals surface area (Å²) in [4.78, 5) is 45.1. The Bertz CT molecular complexity index is 1000. The number of rotatable bonds is 4. The lowest BCUT2D eigenvalue weighted by molar-refractivity contribution is -0.139. The highest BCUT2D eigenvalue weighted by molar-refractivity contribution is 6.03. The van der Waals surface area contributed by atoms with Crippen LogP contribution in [-0.4, -0.2) is 90.3 Å². The average molecular weight is 465 g/mol. The molecule has 0 spiro atoms. The van der Waals surface area contributed by atoms with Gasteiger partial charge >= 0.3 is 12.2 Å². The maximum Gasteiger partial charge on any atom is 0.416 e. The van der Waals surface area contributed by atoms with Gasteiger partial charge in [-0.2, -0.15) is 13.2 Å². The molecule has 0 aliphatic carbocycles. The second-order valence-electron chi connectivity index (χ2n) is 8.36. The lowest BCUT2D eigenvalue weighted by atomic mass is 9.92. The zero-order valence-electron chi connectivity index (χ0n) is 18.5. The number of likely N-dealkylation sites (N-methyl/N-ethyl adjacent to an activating group) is 2. The predicted molar refractivity (Wildman–Crippen MR) is 113 cm³/mol. The minimum absolute atomic E-state index is 0.0105. The Morgan fingerprint density at radius 3 is 2.42 bits per heavy atom. The zero-order valence-corrected chi connectivity index (χ0v) is 18.5. The molecule has 33 heavy (non-hydrogen) atoms. The molecule has 1 atom stereocenters. The molecule has 11 heteroatoms. The molecule has 0 aromatic heterocycles. The van der Waals surface area contributed by atoms with Gasteiger partial charge in [0.05, 0.1) is 29.4 Å². The SMILES string of the molecule is CCN1CCN(C(=O)CN2CC3=C(C2=O)[C@H](c2ccccc2C(F)(F)F)NC(=O)N3C)CC1. The third-order valence-electron chi connectivity index (χ3n) is 6.51. The Balaban J connectivity index is 1.58. The van der Waals surface area contributed by atoms with E-state index in [9.17, 15) is 27.6 Å². The highest BCUT2D eigenvalue weighted by atomic mass is 19.4. The highest BCUT2D eigenvalue weighted by Gasteiger charge is 2.46. The first-order valence-electron chi connectivity index (χ1n) is 10.8. The van der Waals surface area contributed by atoms with E-state index in [1.807, 2.05) is 0 Å². The summed E-state index contributed by atoms with van der Waals surface area (Å²) >= 11 is 0. The number of hydrogen-bond donors (Lipinski definition) is 1. The van der Waals surface area contributed by atoms with Crippen LogP contribution in [0.1, 0.15) is 24.1 Å². The maximum atomic E-state index is 13.6. The third kappa shape index (κ3) is 4.29. The molecule has 1 fully saturated rings. The average Bonchev–Trinajstić information content (AvgIpc) is 3.12. The summed E-state index contributed by atoms with van der Waals surface area (Å²) in [5.74, 6) is -0.757. The molecule has 178 valence electrons. The Labute approximate surface area is 189 Å². The summed E-state index contributed by atoms with van der Waals surface area (Å²) in [5.41, 5.74) is -0.731. The van der Waals surface area contributed by atoms with Gasteiger partial charge in [-0.15, -0.1) is 0 Å². The molecular formula is C22H26F3N5O3. The lowest BCUT2D eigenvalue weighted by Crippen LogP contribution is -2.51. The number of hydrogen-bond acceptors (Lipinski definition) is 4. The number of halogens is 3. The molecule has 3 heterocycles. The Morgan fingerprint density at radius 1 is 1.12 bits per heavy atom. The molecule has 1 N–H and O–H groups in total. The van der Waals surface area contributed by atoms with Crippen molar-refractivity contribution in [1.29, 1.82) is 0 Å². The molecule has 1 saturated heterocycles. The normalized spacial score (nSPS) is 22.1. The van der Waals surface area contributed by atoms with E-state index in [4.69, 9.17) is 0 Å². The molecular weight excluding hydrogens is 439 g/mol. The number of benzene rings is 1. The van der Waals surface area contributed by atoms with Crippen LogP contribution in [0.5, 0.6) is 0 Å². The van der Waals surface area contributed by atoms with E-state index in [0.717, 1.165) is 25.7 Å². The van der Waals surface area contributed by atoms with Crippen molar-refractivity contribution < 1.29 is 27.6 Å². The highest BCUT2D eigenvalue weighted by Crippen LogP contribution is 2.41. The first kappa shape index (κ1) is 23.1. The summed E-state index contributed by atoms with van der Waals surface area (Å²) < 4.78 is 40.9. The van der Waals surface area contributed by atoms with Crippen molar-refractivity contribution in [3.8, 4) is 0 Å². The van der Waals surface area contributed by atoms with Crippen molar-refractivity contribution in [1.82, 2.24) is 24.9 Å². The zero-order chi connectivity index (χ0) is 23.9. The third-order valence-corrected chi connectivity index (χ3v) is 6.51. The minimum atomic E-state index is -4.65. The van der Waals surface area contributed by atoms with Crippen LogP contribution in [-0.2, 0) is 15.8 Å². The fourth-order valence-corrected chi connectivity index (χ4v) is 4.57. The van der Waals surface area contributed by atoms with Crippen LogP contribution in [0, 0.1) is 0 Å². The first-order chi connectivity index (χ1) is 15.6. The van der Waals surface area contributed by atoms with Crippen molar-refractivity contribution in [3.05, 3.63) is 46.7 Å². The van der Waals surface area contributed by atoms with Gasteiger partial charge in [0.1, 0.15) is 6.54 Å². The quantitative estimate of drug-likeness (QED) is 0.734. The largest absolute Gasteiger partial charge is 0.416 e. The second kappa shape index (κ2) is 8.69. The monoisotopic (exact) mass is 465 g/mol. The van der Waals surface area contributed by atoms with Gasteiger partial charge in [0, 0.05) is 33.2 Å². The number of nitrogens with zero attached hydrogens (tertiary/aromatic N) is 4. The number of carbonyl (C=O) groups is 3. The number of nitrogens with one attached hydrogen (secondary N) is 1. The van der Waals surface area contributed by atoms with Crippen LogP contribution >= 0.6 is 0 Å². The lowest BCUT2D eigenvalue weighted by Gasteiger charge is -2.34. The number of alkyl halides is 3. The number of piperazine rings is 1. The number of urea groups is 1. The Kier molecular flexibility index (Phi) is 6.08. The van der Waals surface area contributed by atoms with Crippen molar-refractivity contribution in [2.45, 2.75) is 19.1 Å². The number of carbonyl (C=O) groups excluding carboxylic acids is 3. The van der Waals surface area contributed by atoms with Gasteiger partial charge in [-0.05, 0) is 18.2 Å². The molecule has 1 aromatic carbocycles. The molecule has 8 nitrogen and oxygen atoms in total. The van der Waals surface area contributed by atoms with Crippen LogP contribution in [0.3, 0.4) is 0 Å². The van der Waals surface area contributed by atoms with Crippen molar-refractivity contribution in [2.24, 2.45) is 0 Å². The number of amides is 4. The summed E-state index contributed by atoms with van der Waals surface area (Å²) in [6, 6.07) is 3.04. The van der Waals surface area contributed by atoms with Gasteiger partial charge in [-0.25, -0.2) is 4.79 Å². The molecule has 0 unspecified atom stereocenters. The van der Waals surface area contributed by atoms with Gasteiger partial charge in [-0.3, -0.25) is 14.5 Å². The molecule has 0 radical (unpaired) electrons. The van der Waals surface area contributed by atoms with E-state index in [2.05, 4.69) is 17.1 Å².